The zero-order valence-electron chi connectivity index (χ0n) is 14.7. The average molecular weight is 346 g/mol. The molecule has 8 heteroatoms. The Labute approximate surface area is 141 Å². The number of ether oxygens (including phenoxy) is 4. The molecule has 0 heterocycles. The fourth-order valence-electron chi connectivity index (χ4n) is 2.07. The lowest BCUT2D eigenvalue weighted by Crippen LogP contribution is -2.39. The van der Waals surface area contributed by atoms with Crippen molar-refractivity contribution >= 4 is 23.9 Å². The van der Waals surface area contributed by atoms with Crippen LogP contribution >= 0.6 is 0 Å². The van der Waals surface area contributed by atoms with Gasteiger partial charge in [-0.3, -0.25) is 19.2 Å². The molecule has 0 bridgehead atoms. The predicted molar refractivity (Wildman–Crippen MR) is 82.7 cm³/mol. The molecule has 0 aliphatic carbocycles. The summed E-state index contributed by atoms with van der Waals surface area (Å²) in [5.41, 5.74) is 0. The fourth-order valence-corrected chi connectivity index (χ4v) is 2.07. The van der Waals surface area contributed by atoms with Crippen LogP contribution in [0, 0.1) is 11.8 Å². The van der Waals surface area contributed by atoms with Gasteiger partial charge < -0.3 is 18.9 Å². The molecule has 0 aliphatic rings. The quantitative estimate of drug-likeness (QED) is 0.313. The van der Waals surface area contributed by atoms with Gasteiger partial charge in [0.1, 0.15) is 0 Å². The molecule has 0 aromatic rings. The van der Waals surface area contributed by atoms with Crippen LogP contribution in [0.4, 0.5) is 0 Å². The molecule has 0 saturated heterocycles. The van der Waals surface area contributed by atoms with Crippen molar-refractivity contribution in [3.63, 3.8) is 0 Å². The van der Waals surface area contributed by atoms with E-state index in [0.29, 0.717) is 0 Å². The average Bonchev–Trinajstić information content (AvgIpc) is 2.52. The lowest BCUT2D eigenvalue weighted by atomic mass is 9.88. The van der Waals surface area contributed by atoms with Crippen LogP contribution in [0.2, 0.25) is 0 Å². The minimum absolute atomic E-state index is 0.0438. The molecule has 0 aromatic heterocycles. The lowest BCUT2D eigenvalue weighted by molar-refractivity contribution is -0.172. The monoisotopic (exact) mass is 346 g/mol. The molecule has 24 heavy (non-hydrogen) atoms. The van der Waals surface area contributed by atoms with E-state index in [1.807, 2.05) is 0 Å². The smallest absolute Gasteiger partial charge is 0.321 e. The van der Waals surface area contributed by atoms with Crippen molar-refractivity contribution in [1.82, 2.24) is 0 Å². The maximum atomic E-state index is 12.2. The SMILES string of the molecule is CCOC(=O)CCC(C(=O)OCC)C(C(=O)OCC)C(=O)OCC. The molecule has 0 aromatic carbocycles. The zero-order valence-corrected chi connectivity index (χ0v) is 14.7. The summed E-state index contributed by atoms with van der Waals surface area (Å²) in [7, 11) is 0. The topological polar surface area (TPSA) is 105 Å². The Kier molecular flexibility index (Phi) is 11.2. The van der Waals surface area contributed by atoms with Gasteiger partial charge in [0.2, 0.25) is 0 Å². The number of carbonyl (C=O) groups excluding carboxylic acids is 4. The van der Waals surface area contributed by atoms with E-state index in [-0.39, 0.29) is 39.3 Å². The number of esters is 4. The molecule has 0 saturated carbocycles. The predicted octanol–water partition coefficient (Wildman–Crippen LogP) is 1.25. The summed E-state index contributed by atoms with van der Waals surface area (Å²) in [6.07, 6.45) is -0.216. The summed E-state index contributed by atoms with van der Waals surface area (Å²) in [4.78, 5) is 48.0. The molecule has 0 radical (unpaired) electrons. The van der Waals surface area contributed by atoms with Crippen LogP contribution in [0.5, 0.6) is 0 Å². The van der Waals surface area contributed by atoms with E-state index in [1.54, 1.807) is 27.7 Å². The Morgan fingerprint density at radius 1 is 0.667 bits per heavy atom. The van der Waals surface area contributed by atoms with Gasteiger partial charge >= 0.3 is 23.9 Å². The number of rotatable bonds is 11. The number of hydrogen-bond donors (Lipinski definition) is 0. The molecule has 0 N–H and O–H groups in total. The summed E-state index contributed by atoms with van der Waals surface area (Å²) in [6, 6.07) is 0. The zero-order chi connectivity index (χ0) is 18.5. The van der Waals surface area contributed by atoms with Crippen LogP contribution in [0.15, 0.2) is 0 Å². The van der Waals surface area contributed by atoms with Gasteiger partial charge in [-0.15, -0.1) is 0 Å². The summed E-state index contributed by atoms with van der Waals surface area (Å²) in [5.74, 6) is -5.69. The maximum absolute atomic E-state index is 12.2. The highest BCUT2D eigenvalue weighted by Crippen LogP contribution is 2.23. The standard InChI is InChI=1S/C16H26O8/c1-5-21-12(17)10-9-11(14(18)22-6-2)13(15(19)23-7-3)16(20)24-8-4/h11,13H,5-10H2,1-4H3. The van der Waals surface area contributed by atoms with Crippen molar-refractivity contribution in [3.8, 4) is 0 Å². The number of carbonyl (C=O) groups is 4. The highest BCUT2D eigenvalue weighted by atomic mass is 16.6. The van der Waals surface area contributed by atoms with Gasteiger partial charge in [0.15, 0.2) is 5.92 Å². The first-order valence-corrected chi connectivity index (χ1v) is 8.08. The van der Waals surface area contributed by atoms with Gasteiger partial charge in [-0.05, 0) is 34.1 Å². The Bertz CT molecular complexity index is 414. The van der Waals surface area contributed by atoms with Crippen molar-refractivity contribution in [2.45, 2.75) is 40.5 Å². The summed E-state index contributed by atoms with van der Waals surface area (Å²) in [6.45, 7) is 6.78. The van der Waals surface area contributed by atoms with Gasteiger partial charge in [-0.2, -0.15) is 0 Å². The first-order valence-electron chi connectivity index (χ1n) is 8.08. The van der Waals surface area contributed by atoms with Gasteiger partial charge in [0.05, 0.1) is 32.3 Å². The van der Waals surface area contributed by atoms with Crippen LogP contribution in [-0.2, 0) is 38.1 Å². The van der Waals surface area contributed by atoms with Crippen LogP contribution in [0.1, 0.15) is 40.5 Å². The summed E-state index contributed by atoms with van der Waals surface area (Å²) in [5, 5.41) is 0. The van der Waals surface area contributed by atoms with E-state index in [0.717, 1.165) is 0 Å². The lowest BCUT2D eigenvalue weighted by Gasteiger charge is -2.22. The van der Waals surface area contributed by atoms with E-state index in [9.17, 15) is 19.2 Å². The molecular weight excluding hydrogens is 320 g/mol. The van der Waals surface area contributed by atoms with Crippen LogP contribution in [0.3, 0.4) is 0 Å². The van der Waals surface area contributed by atoms with E-state index >= 15 is 0 Å². The van der Waals surface area contributed by atoms with Gasteiger partial charge in [0, 0.05) is 6.42 Å². The second kappa shape index (κ2) is 12.3. The van der Waals surface area contributed by atoms with Gasteiger partial charge in [-0.1, -0.05) is 0 Å². The minimum atomic E-state index is -1.47. The molecule has 1 atom stereocenters. The molecular formula is C16H26O8. The Hall–Kier alpha value is -2.12. The first-order chi connectivity index (χ1) is 11.4. The fraction of sp³-hybridized carbons (Fsp3) is 0.750. The van der Waals surface area contributed by atoms with Crippen molar-refractivity contribution in [1.29, 1.82) is 0 Å². The van der Waals surface area contributed by atoms with E-state index in [4.69, 9.17) is 18.9 Å². The third-order valence-corrected chi connectivity index (χ3v) is 3.04. The largest absolute Gasteiger partial charge is 0.466 e. The van der Waals surface area contributed by atoms with Crippen LogP contribution < -0.4 is 0 Å². The molecule has 0 fully saturated rings. The molecule has 0 spiro atoms. The van der Waals surface area contributed by atoms with E-state index < -0.39 is 35.7 Å². The van der Waals surface area contributed by atoms with Crippen LogP contribution in [-0.4, -0.2) is 50.3 Å². The minimum Gasteiger partial charge on any atom is -0.466 e. The molecule has 0 amide bonds. The van der Waals surface area contributed by atoms with Crippen molar-refractivity contribution in [3.05, 3.63) is 0 Å². The van der Waals surface area contributed by atoms with Crippen molar-refractivity contribution in [2.24, 2.45) is 11.8 Å². The highest BCUT2D eigenvalue weighted by molar-refractivity contribution is 5.99. The van der Waals surface area contributed by atoms with Gasteiger partial charge in [0.25, 0.3) is 0 Å². The van der Waals surface area contributed by atoms with Gasteiger partial charge in [-0.25, -0.2) is 0 Å². The normalized spacial score (nSPS) is 11.5. The van der Waals surface area contributed by atoms with Crippen LogP contribution in [0.25, 0.3) is 0 Å². The summed E-state index contributed by atoms with van der Waals surface area (Å²) < 4.78 is 19.5. The highest BCUT2D eigenvalue weighted by Gasteiger charge is 2.42. The molecule has 8 nitrogen and oxygen atoms in total. The second-order valence-corrected chi connectivity index (χ2v) is 4.68. The second-order valence-electron chi connectivity index (χ2n) is 4.68. The Balaban J connectivity index is 5.37. The number of hydrogen-bond acceptors (Lipinski definition) is 8. The van der Waals surface area contributed by atoms with Crippen molar-refractivity contribution in [2.75, 3.05) is 26.4 Å². The molecule has 138 valence electrons. The van der Waals surface area contributed by atoms with E-state index in [2.05, 4.69) is 0 Å². The van der Waals surface area contributed by atoms with E-state index in [1.165, 1.54) is 0 Å². The third kappa shape index (κ3) is 7.43. The maximum Gasteiger partial charge on any atom is 0.321 e. The summed E-state index contributed by atoms with van der Waals surface area (Å²) >= 11 is 0. The Morgan fingerprint density at radius 2 is 1.08 bits per heavy atom. The molecule has 0 rings (SSSR count). The third-order valence-electron chi connectivity index (χ3n) is 3.04. The molecule has 1 unspecified atom stereocenters. The Morgan fingerprint density at radius 3 is 1.50 bits per heavy atom. The first kappa shape index (κ1) is 21.9. The molecule has 0 aliphatic heterocycles. The van der Waals surface area contributed by atoms with Crippen molar-refractivity contribution < 1.29 is 38.1 Å².